The lowest BCUT2D eigenvalue weighted by molar-refractivity contribution is -0.142. The normalized spacial score (nSPS) is 13.3. The standard InChI is InChI=1S/C16H13F5N4O2/c1-8(13-22-10-5-3-4-6-11(10)25(13)15(17)18)27-14(26)9-7-24(2)23-12(9)16(19,20)21/h3-8,15H,1-2H3. The smallest absolute Gasteiger partial charge is 0.436 e. The number of para-hydroxylation sites is 2. The van der Waals surface area contributed by atoms with E-state index in [2.05, 4.69) is 10.1 Å². The van der Waals surface area contributed by atoms with Crippen LogP contribution in [0.15, 0.2) is 30.5 Å². The van der Waals surface area contributed by atoms with Crippen LogP contribution in [0, 0.1) is 0 Å². The molecule has 0 amide bonds. The Kier molecular flexibility index (Phi) is 4.62. The third-order valence-corrected chi connectivity index (χ3v) is 3.78. The van der Waals surface area contributed by atoms with E-state index in [0.29, 0.717) is 4.57 Å². The Morgan fingerprint density at radius 3 is 2.52 bits per heavy atom. The summed E-state index contributed by atoms with van der Waals surface area (Å²) in [5.74, 6) is -1.62. The largest absolute Gasteiger partial charge is 0.451 e. The molecule has 0 saturated heterocycles. The zero-order valence-corrected chi connectivity index (χ0v) is 14.0. The van der Waals surface area contributed by atoms with Crippen LogP contribution in [0.1, 0.15) is 41.5 Å². The van der Waals surface area contributed by atoms with Crippen molar-refractivity contribution in [2.75, 3.05) is 0 Å². The molecular weight excluding hydrogens is 375 g/mol. The number of imidazole rings is 1. The minimum absolute atomic E-state index is 0.114. The molecule has 3 aromatic rings. The minimum Gasteiger partial charge on any atom is -0.451 e. The quantitative estimate of drug-likeness (QED) is 0.499. The van der Waals surface area contributed by atoms with Gasteiger partial charge in [-0.1, -0.05) is 12.1 Å². The van der Waals surface area contributed by atoms with Crippen LogP contribution in [0.25, 0.3) is 11.0 Å². The lowest BCUT2D eigenvalue weighted by Crippen LogP contribution is -2.17. The van der Waals surface area contributed by atoms with Gasteiger partial charge in [-0.2, -0.15) is 27.1 Å². The fourth-order valence-electron chi connectivity index (χ4n) is 2.68. The SMILES string of the molecule is CC(OC(=O)c1cn(C)nc1C(F)(F)F)c1nc2ccccc2n1C(F)F. The first-order chi connectivity index (χ1) is 12.6. The number of aromatic nitrogens is 4. The fraction of sp³-hybridized carbons (Fsp3) is 0.312. The molecule has 0 spiro atoms. The van der Waals surface area contributed by atoms with E-state index in [1.807, 2.05) is 0 Å². The lowest BCUT2D eigenvalue weighted by atomic mass is 10.2. The van der Waals surface area contributed by atoms with Crippen molar-refractivity contribution in [2.24, 2.45) is 7.05 Å². The lowest BCUT2D eigenvalue weighted by Gasteiger charge is -2.15. The van der Waals surface area contributed by atoms with E-state index < -0.39 is 36.1 Å². The van der Waals surface area contributed by atoms with Crippen LogP contribution in [0.5, 0.6) is 0 Å². The number of fused-ring (bicyclic) bond motifs is 1. The zero-order chi connectivity index (χ0) is 19.9. The van der Waals surface area contributed by atoms with Crippen molar-refractivity contribution in [2.45, 2.75) is 25.8 Å². The Morgan fingerprint density at radius 2 is 1.89 bits per heavy atom. The topological polar surface area (TPSA) is 61.9 Å². The maximum Gasteiger partial charge on any atom is 0.436 e. The number of alkyl halides is 5. The van der Waals surface area contributed by atoms with E-state index in [1.165, 1.54) is 32.2 Å². The van der Waals surface area contributed by atoms with Crippen LogP contribution < -0.4 is 0 Å². The van der Waals surface area contributed by atoms with E-state index in [4.69, 9.17) is 4.74 Å². The molecule has 0 bridgehead atoms. The van der Waals surface area contributed by atoms with Crippen molar-refractivity contribution in [1.82, 2.24) is 19.3 Å². The highest BCUT2D eigenvalue weighted by atomic mass is 19.4. The first kappa shape index (κ1) is 18.8. The molecule has 11 heteroatoms. The molecule has 6 nitrogen and oxygen atoms in total. The Balaban J connectivity index is 1.95. The van der Waals surface area contributed by atoms with Gasteiger partial charge in [0.2, 0.25) is 0 Å². The van der Waals surface area contributed by atoms with Gasteiger partial charge in [0.1, 0.15) is 5.56 Å². The van der Waals surface area contributed by atoms with Gasteiger partial charge in [0, 0.05) is 13.2 Å². The number of carbonyl (C=O) groups is 1. The molecule has 3 rings (SSSR count). The molecule has 1 aromatic carbocycles. The number of esters is 1. The molecule has 0 aliphatic rings. The summed E-state index contributed by atoms with van der Waals surface area (Å²) in [6.45, 7) is -1.72. The van der Waals surface area contributed by atoms with Crippen LogP contribution in [0.4, 0.5) is 22.0 Å². The number of carbonyl (C=O) groups excluding carboxylic acids is 1. The van der Waals surface area contributed by atoms with Crippen LogP contribution in [0.2, 0.25) is 0 Å². The maximum absolute atomic E-state index is 13.5. The molecule has 2 aromatic heterocycles. The van der Waals surface area contributed by atoms with Gasteiger partial charge in [-0.3, -0.25) is 9.25 Å². The summed E-state index contributed by atoms with van der Waals surface area (Å²) >= 11 is 0. The number of aryl methyl sites for hydroxylation is 1. The zero-order valence-electron chi connectivity index (χ0n) is 14.0. The van der Waals surface area contributed by atoms with E-state index >= 15 is 0 Å². The van der Waals surface area contributed by atoms with Gasteiger partial charge >= 0.3 is 18.7 Å². The monoisotopic (exact) mass is 388 g/mol. The Bertz CT molecular complexity index is 993. The first-order valence-electron chi connectivity index (χ1n) is 7.66. The second-order valence-electron chi connectivity index (χ2n) is 5.72. The van der Waals surface area contributed by atoms with E-state index in [0.717, 1.165) is 10.9 Å². The molecule has 2 heterocycles. The summed E-state index contributed by atoms with van der Waals surface area (Å²) in [4.78, 5) is 16.2. The summed E-state index contributed by atoms with van der Waals surface area (Å²) in [6.07, 6.45) is -5.33. The molecule has 0 N–H and O–H groups in total. The van der Waals surface area contributed by atoms with Crippen molar-refractivity contribution in [3.05, 3.63) is 47.5 Å². The predicted octanol–water partition coefficient (Wildman–Crippen LogP) is 4.10. The molecule has 0 fully saturated rings. The number of hydrogen-bond acceptors (Lipinski definition) is 4. The summed E-state index contributed by atoms with van der Waals surface area (Å²) in [5.41, 5.74) is -1.86. The summed E-state index contributed by atoms with van der Waals surface area (Å²) in [6, 6.07) is 6.04. The summed E-state index contributed by atoms with van der Waals surface area (Å²) < 4.78 is 72.3. The summed E-state index contributed by atoms with van der Waals surface area (Å²) in [5, 5.41) is 3.21. The van der Waals surface area contributed by atoms with Gasteiger partial charge in [0.05, 0.1) is 11.0 Å². The van der Waals surface area contributed by atoms with Gasteiger partial charge in [0.15, 0.2) is 17.6 Å². The van der Waals surface area contributed by atoms with Crippen molar-refractivity contribution in [1.29, 1.82) is 0 Å². The van der Waals surface area contributed by atoms with E-state index in [-0.39, 0.29) is 16.9 Å². The van der Waals surface area contributed by atoms with Crippen LogP contribution >= 0.6 is 0 Å². The summed E-state index contributed by atoms with van der Waals surface area (Å²) in [7, 11) is 1.21. The molecule has 0 aliphatic carbocycles. The highest BCUT2D eigenvalue weighted by Crippen LogP contribution is 2.32. The fourth-order valence-corrected chi connectivity index (χ4v) is 2.68. The van der Waals surface area contributed by atoms with Crippen LogP contribution in [-0.4, -0.2) is 25.3 Å². The van der Waals surface area contributed by atoms with Gasteiger partial charge in [-0.05, 0) is 19.1 Å². The van der Waals surface area contributed by atoms with Crippen molar-refractivity contribution in [3.8, 4) is 0 Å². The van der Waals surface area contributed by atoms with Crippen molar-refractivity contribution >= 4 is 17.0 Å². The Hall–Kier alpha value is -2.98. The van der Waals surface area contributed by atoms with E-state index in [9.17, 15) is 26.7 Å². The number of nitrogens with zero attached hydrogens (tertiary/aromatic N) is 4. The van der Waals surface area contributed by atoms with E-state index in [1.54, 1.807) is 6.07 Å². The first-order valence-corrected chi connectivity index (χ1v) is 7.66. The number of ether oxygens (including phenoxy) is 1. The van der Waals surface area contributed by atoms with Gasteiger partial charge in [-0.25, -0.2) is 9.78 Å². The molecule has 1 unspecified atom stereocenters. The van der Waals surface area contributed by atoms with Crippen molar-refractivity contribution in [3.63, 3.8) is 0 Å². The molecule has 0 radical (unpaired) electrons. The number of rotatable bonds is 4. The molecular formula is C16H13F5N4O2. The molecule has 27 heavy (non-hydrogen) atoms. The highest BCUT2D eigenvalue weighted by molar-refractivity contribution is 5.90. The van der Waals surface area contributed by atoms with Gasteiger partial charge in [-0.15, -0.1) is 0 Å². The van der Waals surface area contributed by atoms with Gasteiger partial charge < -0.3 is 4.74 Å². The predicted molar refractivity (Wildman–Crippen MR) is 83.0 cm³/mol. The minimum atomic E-state index is -4.87. The number of halogens is 5. The second kappa shape index (κ2) is 6.63. The Labute approximate surface area is 149 Å². The van der Waals surface area contributed by atoms with Crippen molar-refractivity contribution < 1.29 is 31.5 Å². The third kappa shape index (κ3) is 3.49. The molecule has 144 valence electrons. The average molecular weight is 388 g/mol. The number of benzene rings is 1. The maximum atomic E-state index is 13.5. The molecule has 0 aliphatic heterocycles. The molecule has 1 atom stereocenters. The highest BCUT2D eigenvalue weighted by Gasteiger charge is 2.40. The average Bonchev–Trinajstić information content (AvgIpc) is 3.15. The Morgan fingerprint density at radius 1 is 1.22 bits per heavy atom. The van der Waals surface area contributed by atoms with Crippen LogP contribution in [-0.2, 0) is 18.0 Å². The second-order valence-corrected chi connectivity index (χ2v) is 5.72. The van der Waals surface area contributed by atoms with Crippen LogP contribution in [0.3, 0.4) is 0 Å². The van der Waals surface area contributed by atoms with Gasteiger partial charge in [0.25, 0.3) is 0 Å². The molecule has 0 saturated carbocycles. The third-order valence-electron chi connectivity index (χ3n) is 3.78. The number of hydrogen-bond donors (Lipinski definition) is 0.